The molecule has 1 aliphatic rings. The lowest BCUT2D eigenvalue weighted by molar-refractivity contribution is 0.0291. The first-order chi connectivity index (χ1) is 10.0. The number of rotatable bonds is 6. The van der Waals surface area contributed by atoms with Gasteiger partial charge in [-0.1, -0.05) is 39.8 Å². The summed E-state index contributed by atoms with van der Waals surface area (Å²) in [5, 5.41) is 0. The maximum atomic E-state index is 14.2. The van der Waals surface area contributed by atoms with Gasteiger partial charge in [0.05, 0.1) is 12.2 Å². The van der Waals surface area contributed by atoms with Crippen LogP contribution in [0.4, 0.5) is 4.39 Å². The third kappa shape index (κ3) is 4.06. The summed E-state index contributed by atoms with van der Waals surface area (Å²) in [6.07, 6.45) is 6.17. The molecule has 2 heteroatoms. The van der Waals surface area contributed by atoms with Crippen molar-refractivity contribution in [3.8, 4) is 0 Å². The quantitative estimate of drug-likeness (QED) is 0.675. The van der Waals surface area contributed by atoms with Gasteiger partial charge in [-0.3, -0.25) is 0 Å². The zero-order valence-electron chi connectivity index (χ0n) is 13.9. The predicted molar refractivity (Wildman–Crippen MR) is 86.2 cm³/mol. The highest BCUT2D eigenvalue weighted by atomic mass is 19.1. The van der Waals surface area contributed by atoms with Crippen molar-refractivity contribution in [2.45, 2.75) is 77.9 Å². The van der Waals surface area contributed by atoms with E-state index in [2.05, 4.69) is 33.8 Å². The molecule has 0 saturated carbocycles. The van der Waals surface area contributed by atoms with Crippen LogP contribution < -0.4 is 0 Å². The highest BCUT2D eigenvalue weighted by molar-refractivity contribution is 5.27. The van der Waals surface area contributed by atoms with Crippen LogP contribution in [0.3, 0.4) is 0 Å². The second-order valence-corrected chi connectivity index (χ2v) is 6.58. The van der Waals surface area contributed by atoms with Crippen LogP contribution >= 0.6 is 0 Å². The third-order valence-corrected chi connectivity index (χ3v) is 5.10. The summed E-state index contributed by atoms with van der Waals surface area (Å²) in [4.78, 5) is 0. The van der Waals surface area contributed by atoms with Crippen molar-refractivity contribution in [3.63, 3.8) is 0 Å². The van der Waals surface area contributed by atoms with Gasteiger partial charge >= 0.3 is 0 Å². The van der Waals surface area contributed by atoms with Crippen molar-refractivity contribution < 1.29 is 9.13 Å². The number of ether oxygens (including phenoxy) is 1. The standard InChI is InChI=1S/C19H29FO/c1-5-15-7-10-18(19(20)12-15)14(4)13(3)11-17-9-8-16(6-2)21-17/h7,10,12-14,16-17H,5-6,8-9,11H2,1-4H3. The molecular weight excluding hydrogens is 263 g/mol. The van der Waals surface area contributed by atoms with E-state index >= 15 is 0 Å². The summed E-state index contributed by atoms with van der Waals surface area (Å²) in [7, 11) is 0. The highest BCUT2D eigenvalue weighted by Crippen LogP contribution is 2.34. The SMILES string of the molecule is CCc1ccc(C(C)C(C)CC2CCC(CC)O2)c(F)c1. The van der Waals surface area contributed by atoms with Crippen LogP contribution in [-0.2, 0) is 11.2 Å². The molecule has 0 bridgehead atoms. The Balaban J connectivity index is 1.97. The lowest BCUT2D eigenvalue weighted by Crippen LogP contribution is -2.17. The van der Waals surface area contributed by atoms with E-state index in [1.54, 1.807) is 6.07 Å². The van der Waals surface area contributed by atoms with Crippen LogP contribution in [0.15, 0.2) is 18.2 Å². The van der Waals surface area contributed by atoms with Crippen LogP contribution in [0.25, 0.3) is 0 Å². The summed E-state index contributed by atoms with van der Waals surface area (Å²) in [5.41, 5.74) is 1.92. The van der Waals surface area contributed by atoms with Gasteiger partial charge in [-0.25, -0.2) is 4.39 Å². The predicted octanol–water partition coefficient (Wildman–Crippen LogP) is 5.48. The summed E-state index contributed by atoms with van der Waals surface area (Å²) < 4.78 is 20.3. The van der Waals surface area contributed by atoms with Gasteiger partial charge < -0.3 is 4.74 Å². The Morgan fingerprint density at radius 1 is 1.19 bits per heavy atom. The van der Waals surface area contributed by atoms with E-state index in [0.29, 0.717) is 18.1 Å². The summed E-state index contributed by atoms with van der Waals surface area (Å²) >= 11 is 0. The molecule has 2 rings (SSSR count). The Morgan fingerprint density at radius 3 is 2.48 bits per heavy atom. The van der Waals surface area contributed by atoms with Gasteiger partial charge in [0, 0.05) is 0 Å². The summed E-state index contributed by atoms with van der Waals surface area (Å²) in [5.74, 6) is 0.625. The first kappa shape index (κ1) is 16.5. The summed E-state index contributed by atoms with van der Waals surface area (Å²) in [6.45, 7) is 8.60. The van der Waals surface area contributed by atoms with Crippen molar-refractivity contribution in [1.82, 2.24) is 0 Å². The van der Waals surface area contributed by atoms with E-state index in [1.807, 2.05) is 6.07 Å². The van der Waals surface area contributed by atoms with Crippen molar-refractivity contribution in [2.75, 3.05) is 0 Å². The molecule has 0 aromatic heterocycles. The fourth-order valence-corrected chi connectivity index (χ4v) is 3.34. The van der Waals surface area contributed by atoms with Crippen molar-refractivity contribution in [3.05, 3.63) is 35.1 Å². The molecule has 0 radical (unpaired) electrons. The van der Waals surface area contributed by atoms with Crippen molar-refractivity contribution in [1.29, 1.82) is 0 Å². The van der Waals surface area contributed by atoms with E-state index in [1.165, 1.54) is 6.42 Å². The molecule has 1 nitrogen and oxygen atoms in total. The number of aryl methyl sites for hydroxylation is 1. The van der Waals surface area contributed by atoms with Crippen LogP contribution in [-0.4, -0.2) is 12.2 Å². The molecule has 0 N–H and O–H groups in total. The number of benzene rings is 1. The molecule has 0 amide bonds. The van der Waals surface area contributed by atoms with Gasteiger partial charge in [0.15, 0.2) is 0 Å². The third-order valence-electron chi connectivity index (χ3n) is 5.10. The molecule has 1 heterocycles. The molecular formula is C19H29FO. The number of hydrogen-bond acceptors (Lipinski definition) is 1. The minimum absolute atomic E-state index is 0.0486. The average molecular weight is 292 g/mol. The van der Waals surface area contributed by atoms with Gasteiger partial charge in [-0.2, -0.15) is 0 Å². The molecule has 4 unspecified atom stereocenters. The van der Waals surface area contributed by atoms with E-state index in [0.717, 1.165) is 36.8 Å². The van der Waals surface area contributed by atoms with Gasteiger partial charge in [-0.05, 0) is 61.1 Å². The Labute approximate surface area is 128 Å². The monoisotopic (exact) mass is 292 g/mol. The first-order valence-electron chi connectivity index (χ1n) is 8.48. The minimum atomic E-state index is -0.0486. The van der Waals surface area contributed by atoms with Gasteiger partial charge in [0.1, 0.15) is 5.82 Å². The van der Waals surface area contributed by atoms with Crippen molar-refractivity contribution >= 4 is 0 Å². The molecule has 1 aliphatic heterocycles. The first-order valence-corrected chi connectivity index (χ1v) is 8.48. The Bertz CT molecular complexity index is 457. The molecule has 1 aromatic carbocycles. The molecule has 0 aliphatic carbocycles. The average Bonchev–Trinajstić information content (AvgIpc) is 2.94. The molecule has 4 atom stereocenters. The zero-order valence-corrected chi connectivity index (χ0v) is 13.9. The number of hydrogen-bond donors (Lipinski definition) is 0. The van der Waals surface area contributed by atoms with Gasteiger partial charge in [0.2, 0.25) is 0 Å². The maximum absolute atomic E-state index is 14.2. The maximum Gasteiger partial charge on any atom is 0.126 e. The van der Waals surface area contributed by atoms with Crippen LogP contribution in [0, 0.1) is 11.7 Å². The topological polar surface area (TPSA) is 9.23 Å². The van der Waals surface area contributed by atoms with E-state index in [-0.39, 0.29) is 11.7 Å². The molecule has 1 fully saturated rings. The lowest BCUT2D eigenvalue weighted by Gasteiger charge is -2.24. The second kappa shape index (κ2) is 7.40. The largest absolute Gasteiger partial charge is 0.375 e. The van der Waals surface area contributed by atoms with E-state index in [4.69, 9.17) is 4.74 Å². The van der Waals surface area contributed by atoms with Crippen LogP contribution in [0.1, 0.15) is 70.4 Å². The fraction of sp³-hybridized carbons (Fsp3) is 0.684. The molecule has 0 spiro atoms. The summed E-state index contributed by atoms with van der Waals surface area (Å²) in [6, 6.07) is 5.72. The lowest BCUT2D eigenvalue weighted by atomic mass is 9.84. The highest BCUT2D eigenvalue weighted by Gasteiger charge is 2.28. The van der Waals surface area contributed by atoms with Crippen LogP contribution in [0.5, 0.6) is 0 Å². The normalized spacial score (nSPS) is 25.0. The zero-order chi connectivity index (χ0) is 15.4. The molecule has 21 heavy (non-hydrogen) atoms. The van der Waals surface area contributed by atoms with E-state index in [9.17, 15) is 4.39 Å². The molecule has 118 valence electrons. The van der Waals surface area contributed by atoms with Crippen LogP contribution in [0.2, 0.25) is 0 Å². The fourth-order valence-electron chi connectivity index (χ4n) is 3.34. The Morgan fingerprint density at radius 2 is 1.90 bits per heavy atom. The van der Waals surface area contributed by atoms with Gasteiger partial charge in [0.25, 0.3) is 0 Å². The van der Waals surface area contributed by atoms with Crippen molar-refractivity contribution in [2.24, 2.45) is 5.92 Å². The Kier molecular flexibility index (Phi) is 5.80. The second-order valence-electron chi connectivity index (χ2n) is 6.58. The Hall–Kier alpha value is -0.890. The number of halogens is 1. The van der Waals surface area contributed by atoms with E-state index < -0.39 is 0 Å². The molecule has 1 saturated heterocycles. The minimum Gasteiger partial charge on any atom is -0.375 e. The smallest absolute Gasteiger partial charge is 0.126 e. The van der Waals surface area contributed by atoms with Gasteiger partial charge in [-0.15, -0.1) is 0 Å². The molecule has 1 aromatic rings.